The molecule has 0 saturated heterocycles. The monoisotopic (exact) mass is 320 g/mol. The summed E-state index contributed by atoms with van der Waals surface area (Å²) in [5, 5.41) is 7.43. The van der Waals surface area contributed by atoms with E-state index in [1.54, 1.807) is 6.07 Å². The second-order valence-electron chi connectivity index (χ2n) is 6.27. The Morgan fingerprint density at radius 1 is 1.25 bits per heavy atom. The van der Waals surface area contributed by atoms with Crippen LogP contribution >= 0.6 is 0 Å². The zero-order valence-corrected chi connectivity index (χ0v) is 13.6. The first-order valence-corrected chi connectivity index (χ1v) is 8.31. The van der Waals surface area contributed by atoms with Gasteiger partial charge >= 0.3 is 0 Å². The fraction of sp³-hybridized carbons (Fsp3) is 0.250. The quantitative estimate of drug-likeness (QED) is 0.778. The van der Waals surface area contributed by atoms with Gasteiger partial charge in [0.25, 0.3) is 5.91 Å². The zero-order chi connectivity index (χ0) is 16.5. The molecule has 4 rings (SSSR count). The van der Waals surface area contributed by atoms with Crippen molar-refractivity contribution in [1.82, 2.24) is 10.6 Å². The van der Waals surface area contributed by atoms with Crippen molar-refractivity contribution >= 4 is 16.9 Å². The lowest BCUT2D eigenvalue weighted by molar-refractivity contribution is 0.0923. The van der Waals surface area contributed by atoms with E-state index in [0.29, 0.717) is 12.3 Å². The maximum Gasteiger partial charge on any atom is 0.287 e. The van der Waals surface area contributed by atoms with Gasteiger partial charge < -0.3 is 15.1 Å². The predicted molar refractivity (Wildman–Crippen MR) is 94.2 cm³/mol. The molecule has 24 heavy (non-hydrogen) atoms. The Balaban J connectivity index is 1.50. The number of aryl methyl sites for hydroxylation is 1. The molecule has 1 atom stereocenters. The number of para-hydroxylation sites is 1. The van der Waals surface area contributed by atoms with Gasteiger partial charge in [0.05, 0.1) is 0 Å². The van der Waals surface area contributed by atoms with E-state index in [-0.39, 0.29) is 11.9 Å². The number of carbonyl (C=O) groups is 1. The summed E-state index contributed by atoms with van der Waals surface area (Å²) in [5.41, 5.74) is 4.44. The summed E-state index contributed by atoms with van der Waals surface area (Å²) in [6.07, 6.45) is 1.03. The first kappa shape index (κ1) is 15.0. The molecular formula is C20H20N2O2. The normalized spacial score (nSPS) is 16.8. The van der Waals surface area contributed by atoms with Crippen LogP contribution in [0.2, 0.25) is 0 Å². The van der Waals surface area contributed by atoms with Crippen molar-refractivity contribution in [3.63, 3.8) is 0 Å². The molecular weight excluding hydrogens is 300 g/mol. The van der Waals surface area contributed by atoms with Gasteiger partial charge in [-0.2, -0.15) is 0 Å². The lowest BCUT2D eigenvalue weighted by Gasteiger charge is -2.27. The second-order valence-corrected chi connectivity index (χ2v) is 6.27. The van der Waals surface area contributed by atoms with Crippen LogP contribution in [0.1, 0.15) is 33.3 Å². The minimum absolute atomic E-state index is 0.144. The summed E-state index contributed by atoms with van der Waals surface area (Å²) in [7, 11) is 0. The molecule has 2 N–H and O–H groups in total. The van der Waals surface area contributed by atoms with Crippen molar-refractivity contribution in [3.05, 3.63) is 71.0 Å². The number of benzene rings is 2. The van der Waals surface area contributed by atoms with Gasteiger partial charge in [0.1, 0.15) is 5.58 Å². The van der Waals surface area contributed by atoms with Crippen LogP contribution in [0, 0.1) is 6.92 Å². The van der Waals surface area contributed by atoms with Crippen LogP contribution in [0.5, 0.6) is 0 Å². The van der Waals surface area contributed by atoms with E-state index in [2.05, 4.69) is 28.8 Å². The predicted octanol–water partition coefficient (Wildman–Crippen LogP) is 3.36. The van der Waals surface area contributed by atoms with Gasteiger partial charge in [-0.1, -0.05) is 42.5 Å². The van der Waals surface area contributed by atoms with Gasteiger partial charge in [-0.15, -0.1) is 0 Å². The number of hydrogen-bond acceptors (Lipinski definition) is 3. The van der Waals surface area contributed by atoms with E-state index < -0.39 is 0 Å². The smallest absolute Gasteiger partial charge is 0.287 e. The minimum atomic E-state index is -0.171. The Morgan fingerprint density at radius 3 is 3.00 bits per heavy atom. The van der Waals surface area contributed by atoms with Crippen LogP contribution in [0.25, 0.3) is 11.0 Å². The third kappa shape index (κ3) is 2.69. The Morgan fingerprint density at radius 2 is 2.12 bits per heavy atom. The molecule has 122 valence electrons. The molecule has 2 aromatic carbocycles. The molecule has 1 amide bonds. The second kappa shape index (κ2) is 6.13. The lowest BCUT2D eigenvalue weighted by atomic mass is 9.94. The summed E-state index contributed by atoms with van der Waals surface area (Å²) in [5.74, 6) is 0.193. The fourth-order valence-corrected chi connectivity index (χ4v) is 3.38. The molecule has 0 radical (unpaired) electrons. The Bertz CT molecular complexity index is 898. The van der Waals surface area contributed by atoms with Crippen LogP contribution in [-0.4, -0.2) is 19.0 Å². The average molecular weight is 320 g/mol. The summed E-state index contributed by atoms with van der Waals surface area (Å²) >= 11 is 0. The van der Waals surface area contributed by atoms with Crippen LogP contribution in [-0.2, 0) is 6.42 Å². The van der Waals surface area contributed by atoms with Crippen LogP contribution in [0.3, 0.4) is 0 Å². The molecule has 0 aliphatic carbocycles. The first-order chi connectivity index (χ1) is 11.7. The maximum atomic E-state index is 12.4. The largest absolute Gasteiger partial charge is 0.451 e. The van der Waals surface area contributed by atoms with Gasteiger partial charge in [-0.25, -0.2) is 0 Å². The van der Waals surface area contributed by atoms with Gasteiger partial charge in [0.15, 0.2) is 5.76 Å². The van der Waals surface area contributed by atoms with E-state index in [4.69, 9.17) is 4.42 Å². The van der Waals surface area contributed by atoms with Crippen LogP contribution in [0.4, 0.5) is 0 Å². The highest BCUT2D eigenvalue weighted by Gasteiger charge is 2.21. The Kier molecular flexibility index (Phi) is 3.82. The Labute approximate surface area is 140 Å². The number of furan rings is 1. The van der Waals surface area contributed by atoms with Gasteiger partial charge in [0.2, 0.25) is 0 Å². The van der Waals surface area contributed by atoms with Gasteiger partial charge in [-0.3, -0.25) is 4.79 Å². The van der Waals surface area contributed by atoms with Crippen molar-refractivity contribution in [2.75, 3.05) is 13.1 Å². The molecule has 0 fully saturated rings. The summed E-state index contributed by atoms with van der Waals surface area (Å²) < 4.78 is 5.74. The number of fused-ring (bicyclic) bond motifs is 2. The SMILES string of the molecule is Cc1cccc2cc(C(=O)NCC3NCCc4ccccc43)oc12. The molecule has 0 spiro atoms. The molecule has 0 bridgehead atoms. The number of nitrogens with one attached hydrogen (secondary N) is 2. The highest BCUT2D eigenvalue weighted by atomic mass is 16.3. The molecule has 4 heteroatoms. The number of amides is 1. The highest BCUT2D eigenvalue weighted by molar-refractivity contribution is 5.96. The minimum Gasteiger partial charge on any atom is -0.451 e. The Hall–Kier alpha value is -2.59. The van der Waals surface area contributed by atoms with E-state index in [1.807, 2.05) is 31.2 Å². The number of carbonyl (C=O) groups excluding carboxylic acids is 1. The number of rotatable bonds is 3. The number of hydrogen-bond donors (Lipinski definition) is 2. The summed E-state index contributed by atoms with van der Waals surface area (Å²) in [6.45, 7) is 3.46. The van der Waals surface area contributed by atoms with Crippen molar-refractivity contribution in [1.29, 1.82) is 0 Å². The lowest BCUT2D eigenvalue weighted by Crippen LogP contribution is -2.38. The molecule has 3 aromatic rings. The van der Waals surface area contributed by atoms with E-state index >= 15 is 0 Å². The van der Waals surface area contributed by atoms with Gasteiger partial charge in [-0.05, 0) is 42.6 Å². The maximum absolute atomic E-state index is 12.4. The topological polar surface area (TPSA) is 54.3 Å². The zero-order valence-electron chi connectivity index (χ0n) is 13.6. The van der Waals surface area contributed by atoms with E-state index in [1.165, 1.54) is 11.1 Å². The van der Waals surface area contributed by atoms with Gasteiger partial charge in [0, 0.05) is 18.0 Å². The third-order valence-electron chi connectivity index (χ3n) is 4.65. The molecule has 1 aliphatic rings. The standard InChI is InChI=1S/C20H20N2O2/c1-13-5-4-7-15-11-18(24-19(13)15)20(23)22-12-17-16-8-3-2-6-14(16)9-10-21-17/h2-8,11,17,21H,9-10,12H2,1H3,(H,22,23). The van der Waals surface area contributed by atoms with Crippen molar-refractivity contribution in [3.8, 4) is 0 Å². The molecule has 1 unspecified atom stereocenters. The average Bonchev–Trinajstić information content (AvgIpc) is 3.05. The first-order valence-electron chi connectivity index (χ1n) is 8.31. The molecule has 4 nitrogen and oxygen atoms in total. The summed E-state index contributed by atoms with van der Waals surface area (Å²) in [4.78, 5) is 12.4. The third-order valence-corrected chi connectivity index (χ3v) is 4.65. The summed E-state index contributed by atoms with van der Waals surface area (Å²) in [6, 6.07) is 16.3. The molecule has 1 aromatic heterocycles. The fourth-order valence-electron chi connectivity index (χ4n) is 3.38. The van der Waals surface area contributed by atoms with Crippen LogP contribution < -0.4 is 10.6 Å². The molecule has 2 heterocycles. The van der Waals surface area contributed by atoms with E-state index in [9.17, 15) is 4.79 Å². The molecule has 1 aliphatic heterocycles. The van der Waals surface area contributed by atoms with Crippen molar-refractivity contribution in [2.24, 2.45) is 0 Å². The van der Waals surface area contributed by atoms with Crippen molar-refractivity contribution < 1.29 is 9.21 Å². The van der Waals surface area contributed by atoms with E-state index in [0.717, 1.165) is 29.5 Å². The van der Waals surface area contributed by atoms with Crippen LogP contribution in [0.15, 0.2) is 52.9 Å². The van der Waals surface area contributed by atoms with Crippen molar-refractivity contribution in [2.45, 2.75) is 19.4 Å². The highest BCUT2D eigenvalue weighted by Crippen LogP contribution is 2.24. The molecule has 0 saturated carbocycles.